The van der Waals surface area contributed by atoms with Crippen LogP contribution in [0.15, 0.2) is 24.8 Å². The van der Waals surface area contributed by atoms with Crippen LogP contribution < -0.4 is 11.1 Å². The van der Waals surface area contributed by atoms with Gasteiger partial charge in [-0.2, -0.15) is 0 Å². The van der Waals surface area contributed by atoms with Gasteiger partial charge in [-0.1, -0.05) is 0 Å². The Morgan fingerprint density at radius 2 is 1.55 bits per heavy atom. The van der Waals surface area contributed by atoms with Gasteiger partial charge in [0.15, 0.2) is 0 Å². The first-order chi connectivity index (χ1) is 5.45. The van der Waals surface area contributed by atoms with Crippen molar-refractivity contribution < 1.29 is 0 Å². The van der Waals surface area contributed by atoms with Crippen LogP contribution in [0.25, 0.3) is 0 Å². The molecular formula is C6H7N4P. The van der Waals surface area contributed by atoms with Crippen LogP contribution in [0.3, 0.4) is 0 Å². The van der Waals surface area contributed by atoms with E-state index in [-0.39, 0.29) is 0 Å². The molecule has 2 aromatic heterocycles. The maximum atomic E-state index is 4.09. The van der Waals surface area contributed by atoms with Crippen LogP contribution in [0.1, 0.15) is 0 Å². The Morgan fingerprint density at radius 3 is 1.91 bits per heavy atom. The molecule has 4 nitrogen and oxygen atoms in total. The summed E-state index contributed by atoms with van der Waals surface area (Å²) in [5, 5.41) is 0. The molecule has 0 aliphatic carbocycles. The Hall–Kier alpha value is -1.15. The summed E-state index contributed by atoms with van der Waals surface area (Å²) in [6, 6.07) is 0. The molecule has 0 amide bonds. The fraction of sp³-hybridized carbons (Fsp3) is 0. The predicted molar refractivity (Wildman–Crippen MR) is 44.8 cm³/mol. The van der Waals surface area contributed by atoms with E-state index in [9.17, 15) is 0 Å². The standard InChI is InChI=1S/C6H7N4P/c1-2-8-5(7-1)11-6-9-3-4-10-6/h1-4,11H,(H,7,8)(H,9,10). The minimum Gasteiger partial charge on any atom is -0.345 e. The molecule has 0 spiro atoms. The SMILES string of the molecule is c1c[nH]c(Pc2ncc[nH]2)n1. The van der Waals surface area contributed by atoms with Crippen molar-refractivity contribution in [2.45, 2.75) is 0 Å². The third-order valence-corrected chi connectivity index (χ3v) is 2.25. The molecule has 56 valence electrons. The van der Waals surface area contributed by atoms with E-state index >= 15 is 0 Å². The number of H-pyrrole nitrogens is 2. The molecule has 0 bridgehead atoms. The molecule has 2 rings (SSSR count). The second kappa shape index (κ2) is 2.84. The van der Waals surface area contributed by atoms with Crippen LogP contribution in [-0.4, -0.2) is 19.9 Å². The molecular weight excluding hydrogens is 159 g/mol. The molecule has 11 heavy (non-hydrogen) atoms. The smallest absolute Gasteiger partial charge is 0.133 e. The number of hydrogen-bond donors (Lipinski definition) is 2. The summed E-state index contributed by atoms with van der Waals surface area (Å²) in [7, 11) is 0.492. The third kappa shape index (κ3) is 1.46. The lowest BCUT2D eigenvalue weighted by molar-refractivity contribution is 1.38. The van der Waals surface area contributed by atoms with E-state index in [2.05, 4.69) is 19.9 Å². The first-order valence-corrected chi connectivity index (χ1v) is 4.21. The summed E-state index contributed by atoms with van der Waals surface area (Å²) < 4.78 is 0. The van der Waals surface area contributed by atoms with Crippen molar-refractivity contribution >= 4 is 19.7 Å². The van der Waals surface area contributed by atoms with E-state index in [0.717, 1.165) is 11.1 Å². The van der Waals surface area contributed by atoms with Crippen LogP contribution in [0, 0.1) is 0 Å². The van der Waals surface area contributed by atoms with Gasteiger partial charge in [0, 0.05) is 33.4 Å². The highest BCUT2D eigenvalue weighted by atomic mass is 31.1. The van der Waals surface area contributed by atoms with Gasteiger partial charge < -0.3 is 9.97 Å². The minimum absolute atomic E-state index is 0.492. The van der Waals surface area contributed by atoms with Gasteiger partial charge in [0.1, 0.15) is 11.1 Å². The second-order valence-corrected chi connectivity index (χ2v) is 3.20. The van der Waals surface area contributed by atoms with Crippen molar-refractivity contribution in [1.29, 1.82) is 0 Å². The normalized spacial score (nSPS) is 10.2. The number of hydrogen-bond acceptors (Lipinski definition) is 2. The van der Waals surface area contributed by atoms with Gasteiger partial charge in [-0.25, -0.2) is 9.97 Å². The van der Waals surface area contributed by atoms with E-state index in [4.69, 9.17) is 0 Å². The molecule has 0 aromatic carbocycles. The fourth-order valence-corrected chi connectivity index (χ4v) is 1.59. The highest BCUT2D eigenvalue weighted by molar-refractivity contribution is 7.54. The quantitative estimate of drug-likeness (QED) is 0.605. The Bertz CT molecular complexity index is 267. The Labute approximate surface area is 65.3 Å². The van der Waals surface area contributed by atoms with Gasteiger partial charge in [-0.3, -0.25) is 0 Å². The van der Waals surface area contributed by atoms with Gasteiger partial charge in [0.2, 0.25) is 0 Å². The Kier molecular flexibility index (Phi) is 1.69. The molecule has 0 aliphatic rings. The van der Waals surface area contributed by atoms with Crippen molar-refractivity contribution in [3.8, 4) is 0 Å². The highest BCUT2D eigenvalue weighted by Gasteiger charge is 1.97. The third-order valence-electron chi connectivity index (χ3n) is 1.23. The molecule has 0 unspecified atom stereocenters. The first kappa shape index (κ1) is 6.55. The lowest BCUT2D eigenvalue weighted by Crippen LogP contribution is -2.09. The first-order valence-electron chi connectivity index (χ1n) is 3.21. The van der Waals surface area contributed by atoms with E-state index in [0.29, 0.717) is 8.58 Å². The topological polar surface area (TPSA) is 57.4 Å². The Morgan fingerprint density at radius 1 is 1.00 bits per heavy atom. The molecule has 0 saturated carbocycles. The number of aromatic amines is 2. The van der Waals surface area contributed by atoms with Crippen molar-refractivity contribution in [2.75, 3.05) is 0 Å². The number of nitrogens with one attached hydrogen (secondary N) is 2. The fourth-order valence-electron chi connectivity index (χ4n) is 0.779. The van der Waals surface area contributed by atoms with Crippen molar-refractivity contribution in [3.05, 3.63) is 24.8 Å². The van der Waals surface area contributed by atoms with E-state index < -0.39 is 0 Å². The van der Waals surface area contributed by atoms with Gasteiger partial charge >= 0.3 is 0 Å². The highest BCUT2D eigenvalue weighted by Crippen LogP contribution is 2.01. The number of nitrogens with zero attached hydrogens (tertiary/aromatic N) is 2. The molecule has 0 aliphatic heterocycles. The largest absolute Gasteiger partial charge is 0.345 e. The van der Waals surface area contributed by atoms with Crippen molar-refractivity contribution in [2.24, 2.45) is 0 Å². The van der Waals surface area contributed by atoms with Crippen LogP contribution in [-0.2, 0) is 0 Å². The van der Waals surface area contributed by atoms with Gasteiger partial charge in [0.05, 0.1) is 0 Å². The molecule has 2 heterocycles. The lowest BCUT2D eigenvalue weighted by atomic mass is 11.0. The van der Waals surface area contributed by atoms with Gasteiger partial charge in [0.25, 0.3) is 0 Å². The lowest BCUT2D eigenvalue weighted by Gasteiger charge is -1.89. The molecule has 0 fully saturated rings. The van der Waals surface area contributed by atoms with Crippen molar-refractivity contribution in [3.63, 3.8) is 0 Å². The van der Waals surface area contributed by atoms with Gasteiger partial charge in [-0.05, 0) is 0 Å². The number of imidazole rings is 2. The summed E-state index contributed by atoms with van der Waals surface area (Å²) in [5.74, 6) is 0. The summed E-state index contributed by atoms with van der Waals surface area (Å²) in [6.07, 6.45) is 7.10. The number of aromatic nitrogens is 4. The zero-order chi connectivity index (χ0) is 7.52. The monoisotopic (exact) mass is 166 g/mol. The van der Waals surface area contributed by atoms with Crippen LogP contribution in [0.5, 0.6) is 0 Å². The zero-order valence-corrected chi connectivity index (χ0v) is 6.70. The van der Waals surface area contributed by atoms with Crippen LogP contribution in [0.4, 0.5) is 0 Å². The van der Waals surface area contributed by atoms with Crippen molar-refractivity contribution in [1.82, 2.24) is 19.9 Å². The summed E-state index contributed by atoms with van der Waals surface area (Å²) in [5.41, 5.74) is 1.92. The minimum atomic E-state index is 0.492. The summed E-state index contributed by atoms with van der Waals surface area (Å²) in [6.45, 7) is 0. The summed E-state index contributed by atoms with van der Waals surface area (Å²) >= 11 is 0. The van der Waals surface area contributed by atoms with E-state index in [1.807, 2.05) is 12.4 Å². The molecule has 5 heteroatoms. The summed E-state index contributed by atoms with van der Waals surface area (Å²) in [4.78, 5) is 14.2. The maximum Gasteiger partial charge on any atom is 0.133 e. The molecule has 0 radical (unpaired) electrons. The van der Waals surface area contributed by atoms with E-state index in [1.54, 1.807) is 12.4 Å². The predicted octanol–water partition coefficient (Wildman–Crippen LogP) is -0.238. The van der Waals surface area contributed by atoms with Crippen LogP contribution in [0.2, 0.25) is 0 Å². The average Bonchev–Trinajstić information content (AvgIpc) is 2.60. The average molecular weight is 166 g/mol. The number of rotatable bonds is 2. The molecule has 0 atom stereocenters. The maximum absolute atomic E-state index is 4.09. The van der Waals surface area contributed by atoms with Crippen LogP contribution >= 0.6 is 8.58 Å². The molecule has 0 saturated heterocycles. The zero-order valence-electron chi connectivity index (χ0n) is 5.70. The Balaban J connectivity index is 2.14. The second-order valence-electron chi connectivity index (χ2n) is 2.00. The molecule has 2 N–H and O–H groups in total. The van der Waals surface area contributed by atoms with E-state index in [1.165, 1.54) is 0 Å². The van der Waals surface area contributed by atoms with Gasteiger partial charge in [-0.15, -0.1) is 0 Å². The molecule has 2 aromatic rings.